The summed E-state index contributed by atoms with van der Waals surface area (Å²) in [5.41, 5.74) is 2.08. The predicted molar refractivity (Wildman–Crippen MR) is 96.1 cm³/mol. The number of hydrogen-bond acceptors (Lipinski definition) is 4. The van der Waals surface area contributed by atoms with Crippen molar-refractivity contribution in [2.24, 2.45) is 0 Å². The summed E-state index contributed by atoms with van der Waals surface area (Å²) in [5, 5.41) is 0. The molecule has 0 radical (unpaired) electrons. The van der Waals surface area contributed by atoms with Gasteiger partial charge in [0.05, 0.1) is 24.2 Å². The molecule has 1 aliphatic rings. The predicted octanol–water partition coefficient (Wildman–Crippen LogP) is 2.82. The molecule has 2 unspecified atom stereocenters. The van der Waals surface area contributed by atoms with Gasteiger partial charge in [-0.05, 0) is 56.2 Å². The zero-order valence-corrected chi connectivity index (χ0v) is 15.6. The molecule has 0 N–H and O–H groups in total. The van der Waals surface area contributed by atoms with Crippen LogP contribution >= 0.6 is 0 Å². The van der Waals surface area contributed by atoms with Gasteiger partial charge in [-0.15, -0.1) is 0 Å². The lowest BCUT2D eigenvalue weighted by Crippen LogP contribution is -2.34. The number of carbonyl (C=O) groups excluding carboxylic acids is 1. The van der Waals surface area contributed by atoms with Crippen molar-refractivity contribution in [2.75, 3.05) is 17.6 Å². The zero-order chi connectivity index (χ0) is 18.4. The van der Waals surface area contributed by atoms with Gasteiger partial charge in [-0.3, -0.25) is 9.10 Å². The van der Waals surface area contributed by atoms with Gasteiger partial charge in [-0.2, -0.15) is 0 Å². The van der Waals surface area contributed by atoms with Gasteiger partial charge < -0.3 is 9.32 Å². The lowest BCUT2D eigenvalue weighted by atomic mass is 10.1. The van der Waals surface area contributed by atoms with Gasteiger partial charge in [0.15, 0.2) is 0 Å². The molecule has 134 valence electrons. The van der Waals surface area contributed by atoms with E-state index in [0.717, 1.165) is 5.56 Å². The van der Waals surface area contributed by atoms with E-state index < -0.39 is 10.0 Å². The molecular weight excluding hydrogens is 340 g/mol. The number of amides is 1. The first-order valence-electron chi connectivity index (χ1n) is 8.13. The van der Waals surface area contributed by atoms with Gasteiger partial charge in [0.2, 0.25) is 10.0 Å². The van der Waals surface area contributed by atoms with Crippen LogP contribution in [-0.2, 0) is 16.4 Å². The van der Waals surface area contributed by atoms with Crippen LogP contribution in [0.1, 0.15) is 41.6 Å². The van der Waals surface area contributed by atoms with Crippen molar-refractivity contribution < 1.29 is 17.6 Å². The monoisotopic (exact) mass is 362 g/mol. The largest absolute Gasteiger partial charge is 0.467 e. The molecule has 0 bridgehead atoms. The lowest BCUT2D eigenvalue weighted by molar-refractivity contribution is 0.0726. The van der Waals surface area contributed by atoms with Crippen LogP contribution in [0.2, 0.25) is 0 Å². The molecule has 0 aliphatic carbocycles. The summed E-state index contributed by atoms with van der Waals surface area (Å²) in [7, 11) is -1.60. The minimum absolute atomic E-state index is 0.128. The summed E-state index contributed by atoms with van der Waals surface area (Å²) < 4.78 is 30.8. The molecule has 2 heterocycles. The molecule has 6 nitrogen and oxygen atoms in total. The van der Waals surface area contributed by atoms with E-state index in [4.69, 9.17) is 4.42 Å². The summed E-state index contributed by atoms with van der Waals surface area (Å²) in [5.74, 6) is 0.589. The maximum atomic E-state index is 12.8. The fraction of sp³-hybridized carbons (Fsp3) is 0.389. The van der Waals surface area contributed by atoms with E-state index in [1.807, 2.05) is 19.9 Å². The van der Waals surface area contributed by atoms with E-state index in [2.05, 4.69) is 0 Å². The van der Waals surface area contributed by atoms with Gasteiger partial charge in [-0.25, -0.2) is 8.42 Å². The number of hydrogen-bond donors (Lipinski definition) is 0. The van der Waals surface area contributed by atoms with Crippen molar-refractivity contribution in [1.82, 2.24) is 4.90 Å². The number of carbonyl (C=O) groups is 1. The molecule has 0 saturated carbocycles. The van der Waals surface area contributed by atoms with Gasteiger partial charge in [0, 0.05) is 18.7 Å². The van der Waals surface area contributed by atoms with Crippen molar-refractivity contribution in [3.8, 4) is 0 Å². The van der Waals surface area contributed by atoms with E-state index in [9.17, 15) is 13.2 Å². The SMILES string of the molecule is CC(c1ccco1)N(C)C(=O)c1ccc2c(c1)CC(C)N2S(C)(=O)=O. The molecule has 0 spiro atoms. The Morgan fingerprint density at radius 3 is 2.68 bits per heavy atom. The Labute approximate surface area is 148 Å². The molecule has 3 rings (SSSR count). The Bertz CT molecular complexity index is 890. The first-order chi connectivity index (χ1) is 11.7. The number of benzene rings is 1. The number of fused-ring (bicyclic) bond motifs is 1. The molecule has 2 atom stereocenters. The van der Waals surface area contributed by atoms with Crippen LogP contribution < -0.4 is 4.31 Å². The first kappa shape index (κ1) is 17.5. The van der Waals surface area contributed by atoms with Crippen molar-refractivity contribution in [3.05, 3.63) is 53.5 Å². The topological polar surface area (TPSA) is 70.8 Å². The third-order valence-electron chi connectivity index (χ3n) is 4.69. The van der Waals surface area contributed by atoms with E-state index in [1.165, 1.54) is 10.6 Å². The summed E-state index contributed by atoms with van der Waals surface area (Å²) in [6.07, 6.45) is 3.39. The number of nitrogens with zero attached hydrogens (tertiary/aromatic N) is 2. The van der Waals surface area contributed by atoms with Crippen molar-refractivity contribution in [3.63, 3.8) is 0 Å². The number of rotatable bonds is 4. The standard InChI is InChI=1S/C18H22N2O4S/c1-12-10-15-11-14(7-8-16(15)20(12)25(4,22)23)18(21)19(3)13(2)17-6-5-9-24-17/h5-9,11-13H,10H2,1-4H3. The fourth-order valence-corrected chi connectivity index (χ4v) is 4.60. The third-order valence-corrected chi connectivity index (χ3v) is 5.96. The fourth-order valence-electron chi connectivity index (χ4n) is 3.34. The van der Waals surface area contributed by atoms with E-state index >= 15 is 0 Å². The van der Waals surface area contributed by atoms with E-state index in [0.29, 0.717) is 23.4 Å². The molecular formula is C18H22N2O4S. The van der Waals surface area contributed by atoms with E-state index in [-0.39, 0.29) is 18.0 Å². The van der Waals surface area contributed by atoms with E-state index in [1.54, 1.807) is 42.5 Å². The van der Waals surface area contributed by atoms with Gasteiger partial charge in [-0.1, -0.05) is 0 Å². The molecule has 25 heavy (non-hydrogen) atoms. The summed E-state index contributed by atoms with van der Waals surface area (Å²) in [4.78, 5) is 14.4. The number of furan rings is 1. The molecule has 1 aromatic carbocycles. The second-order valence-electron chi connectivity index (χ2n) is 6.56. The Balaban J connectivity index is 1.88. The summed E-state index contributed by atoms with van der Waals surface area (Å²) in [6, 6.07) is 8.49. The van der Waals surface area contributed by atoms with Crippen molar-refractivity contribution >= 4 is 21.6 Å². The quantitative estimate of drug-likeness (QED) is 0.838. The minimum Gasteiger partial charge on any atom is -0.467 e. The van der Waals surface area contributed by atoms with Crippen LogP contribution in [0, 0.1) is 0 Å². The van der Waals surface area contributed by atoms with Crippen LogP contribution in [0.25, 0.3) is 0 Å². The van der Waals surface area contributed by atoms with Gasteiger partial charge in [0.1, 0.15) is 5.76 Å². The smallest absolute Gasteiger partial charge is 0.254 e. The molecule has 1 amide bonds. The zero-order valence-electron chi connectivity index (χ0n) is 14.8. The molecule has 7 heteroatoms. The highest BCUT2D eigenvalue weighted by Gasteiger charge is 2.33. The maximum absolute atomic E-state index is 12.8. The highest BCUT2D eigenvalue weighted by molar-refractivity contribution is 7.92. The minimum atomic E-state index is -3.33. The molecule has 1 aromatic heterocycles. The molecule has 0 saturated heterocycles. The molecule has 1 aliphatic heterocycles. The Kier molecular flexibility index (Phi) is 4.36. The summed E-state index contributed by atoms with van der Waals surface area (Å²) in [6.45, 7) is 3.77. The summed E-state index contributed by atoms with van der Waals surface area (Å²) >= 11 is 0. The molecule has 0 fully saturated rings. The van der Waals surface area contributed by atoms with Crippen LogP contribution in [0.3, 0.4) is 0 Å². The average Bonchev–Trinajstić information content (AvgIpc) is 3.17. The molecule has 2 aromatic rings. The van der Waals surface area contributed by atoms with Gasteiger partial charge >= 0.3 is 0 Å². The highest BCUT2D eigenvalue weighted by Crippen LogP contribution is 2.35. The Hall–Kier alpha value is -2.28. The normalized spacial score (nSPS) is 18.1. The number of anilines is 1. The first-order valence-corrected chi connectivity index (χ1v) is 9.98. The Morgan fingerprint density at radius 2 is 2.08 bits per heavy atom. The van der Waals surface area contributed by atoms with Gasteiger partial charge in [0.25, 0.3) is 5.91 Å². The van der Waals surface area contributed by atoms with Crippen LogP contribution in [0.4, 0.5) is 5.69 Å². The second kappa shape index (κ2) is 6.22. The second-order valence-corrected chi connectivity index (χ2v) is 8.42. The van der Waals surface area contributed by atoms with Crippen molar-refractivity contribution in [2.45, 2.75) is 32.4 Å². The van der Waals surface area contributed by atoms with Crippen LogP contribution in [-0.4, -0.2) is 38.6 Å². The van der Waals surface area contributed by atoms with Crippen LogP contribution in [0.15, 0.2) is 41.0 Å². The van der Waals surface area contributed by atoms with Crippen molar-refractivity contribution in [1.29, 1.82) is 0 Å². The highest BCUT2D eigenvalue weighted by atomic mass is 32.2. The van der Waals surface area contributed by atoms with Crippen LogP contribution in [0.5, 0.6) is 0 Å². The number of sulfonamides is 1. The Morgan fingerprint density at radius 1 is 1.36 bits per heavy atom. The maximum Gasteiger partial charge on any atom is 0.254 e. The average molecular weight is 362 g/mol. The third kappa shape index (κ3) is 3.16. The lowest BCUT2D eigenvalue weighted by Gasteiger charge is -2.24.